The first-order valence-corrected chi connectivity index (χ1v) is 11.4. The van der Waals surface area contributed by atoms with Crippen molar-refractivity contribution < 1.29 is 13.2 Å². The Kier molecular flexibility index (Phi) is 8.91. The van der Waals surface area contributed by atoms with Crippen LogP contribution in [0.4, 0.5) is 5.69 Å². The van der Waals surface area contributed by atoms with Gasteiger partial charge < -0.3 is 20.3 Å². The fourth-order valence-corrected chi connectivity index (χ4v) is 3.48. The molecule has 0 saturated carbocycles. The van der Waals surface area contributed by atoms with Crippen molar-refractivity contribution in [3.8, 4) is 11.5 Å². The minimum atomic E-state index is -3.97. The normalized spacial score (nSPS) is 11.6. The Balaban J connectivity index is 2.38. The number of anilines is 1. The Hall–Kier alpha value is -2.13. The highest BCUT2D eigenvalue weighted by Gasteiger charge is 2.21. The molecule has 7 nitrogen and oxygen atoms in total. The van der Waals surface area contributed by atoms with Gasteiger partial charge in [0.15, 0.2) is 5.75 Å². The molecule has 29 heavy (non-hydrogen) atoms. The fraction of sp³-hybridized carbons (Fsp3) is 0.429. The van der Waals surface area contributed by atoms with Crippen molar-refractivity contribution in [1.29, 1.82) is 0 Å². The van der Waals surface area contributed by atoms with Crippen LogP contribution in [0.5, 0.6) is 11.5 Å². The number of benzene rings is 2. The predicted octanol–water partition coefficient (Wildman–Crippen LogP) is 2.99. The van der Waals surface area contributed by atoms with Gasteiger partial charge in [-0.05, 0) is 50.3 Å². The summed E-state index contributed by atoms with van der Waals surface area (Å²) < 4.78 is 30.6. The molecule has 0 saturated heterocycles. The summed E-state index contributed by atoms with van der Waals surface area (Å²) in [5.74, 6) is 0.777. The first-order chi connectivity index (χ1) is 13.8. The minimum Gasteiger partial charge on any atom is -0.454 e. The number of primary sulfonamides is 1. The molecule has 4 N–H and O–H groups in total. The number of nitrogens with zero attached hydrogens (tertiary/aromatic N) is 1. The van der Waals surface area contributed by atoms with Crippen molar-refractivity contribution >= 4 is 15.7 Å². The molecule has 0 bridgehead atoms. The van der Waals surface area contributed by atoms with Crippen LogP contribution in [-0.4, -0.2) is 47.0 Å². The van der Waals surface area contributed by atoms with Crippen LogP contribution >= 0.6 is 0 Å². The Morgan fingerprint density at radius 2 is 1.83 bits per heavy atom. The van der Waals surface area contributed by atoms with Gasteiger partial charge in [-0.25, -0.2) is 13.6 Å². The molecule has 2 aromatic carbocycles. The van der Waals surface area contributed by atoms with E-state index in [1.165, 1.54) is 0 Å². The van der Waals surface area contributed by atoms with Crippen LogP contribution < -0.4 is 20.5 Å². The Morgan fingerprint density at radius 3 is 2.45 bits per heavy atom. The maximum Gasteiger partial charge on any atom is 0.241 e. The van der Waals surface area contributed by atoms with Crippen LogP contribution in [0.1, 0.15) is 25.3 Å². The smallest absolute Gasteiger partial charge is 0.241 e. The van der Waals surface area contributed by atoms with Gasteiger partial charge in [-0.2, -0.15) is 0 Å². The van der Waals surface area contributed by atoms with Crippen molar-refractivity contribution in [2.75, 3.05) is 39.0 Å². The molecule has 0 atom stereocenters. The summed E-state index contributed by atoms with van der Waals surface area (Å²) in [5.41, 5.74) is 1.45. The monoisotopic (exact) mass is 420 g/mol. The van der Waals surface area contributed by atoms with E-state index in [0.717, 1.165) is 31.5 Å². The average molecular weight is 421 g/mol. The van der Waals surface area contributed by atoms with E-state index >= 15 is 0 Å². The number of likely N-dealkylation sites (N-methyl/N-ethyl adjacent to an activating group) is 1. The SMILES string of the molecule is CCCCNc1cc(CNCCN(C)C)cc(S(N)(=O)=O)c1Oc1ccccc1. The second-order valence-electron chi connectivity index (χ2n) is 7.19. The molecule has 8 heteroatoms. The van der Waals surface area contributed by atoms with E-state index in [9.17, 15) is 8.42 Å². The molecule has 160 valence electrons. The lowest BCUT2D eigenvalue weighted by Gasteiger charge is -2.18. The summed E-state index contributed by atoms with van der Waals surface area (Å²) >= 11 is 0. The zero-order valence-corrected chi connectivity index (χ0v) is 18.3. The highest BCUT2D eigenvalue weighted by molar-refractivity contribution is 7.89. The van der Waals surface area contributed by atoms with Gasteiger partial charge in [0.05, 0.1) is 5.69 Å². The van der Waals surface area contributed by atoms with E-state index in [4.69, 9.17) is 9.88 Å². The van der Waals surface area contributed by atoms with Crippen LogP contribution in [0, 0.1) is 0 Å². The van der Waals surface area contributed by atoms with Gasteiger partial charge in [-0.1, -0.05) is 31.5 Å². The molecule has 0 aliphatic heterocycles. The van der Waals surface area contributed by atoms with Gasteiger partial charge in [0.25, 0.3) is 0 Å². The quantitative estimate of drug-likeness (QED) is 0.457. The number of unbranched alkanes of at least 4 members (excludes halogenated alkanes) is 1. The fourth-order valence-electron chi connectivity index (χ4n) is 2.75. The van der Waals surface area contributed by atoms with Crippen molar-refractivity contribution in [2.24, 2.45) is 5.14 Å². The first kappa shape index (κ1) is 23.2. The van der Waals surface area contributed by atoms with Crippen LogP contribution in [0.3, 0.4) is 0 Å². The topological polar surface area (TPSA) is 96.7 Å². The second-order valence-corrected chi connectivity index (χ2v) is 8.72. The predicted molar refractivity (Wildman–Crippen MR) is 118 cm³/mol. The zero-order valence-electron chi connectivity index (χ0n) is 17.4. The van der Waals surface area contributed by atoms with Crippen LogP contribution in [0.25, 0.3) is 0 Å². The lowest BCUT2D eigenvalue weighted by Crippen LogP contribution is -2.26. The van der Waals surface area contributed by atoms with Gasteiger partial charge in [-0.15, -0.1) is 0 Å². The summed E-state index contributed by atoms with van der Waals surface area (Å²) in [4.78, 5) is 2.06. The molecule has 0 radical (unpaired) electrons. The third kappa shape index (κ3) is 7.66. The number of ether oxygens (including phenoxy) is 1. The van der Waals surface area contributed by atoms with Gasteiger partial charge in [0.2, 0.25) is 10.0 Å². The lowest BCUT2D eigenvalue weighted by molar-refractivity contribution is 0.400. The highest BCUT2D eigenvalue weighted by atomic mass is 32.2. The summed E-state index contributed by atoms with van der Waals surface area (Å²) in [6.45, 7) is 5.02. The molecular weight excluding hydrogens is 388 g/mol. The van der Waals surface area contributed by atoms with Gasteiger partial charge in [0.1, 0.15) is 10.6 Å². The third-order valence-corrected chi connectivity index (χ3v) is 5.21. The maximum absolute atomic E-state index is 12.3. The largest absolute Gasteiger partial charge is 0.454 e. The van der Waals surface area contributed by atoms with E-state index in [-0.39, 0.29) is 10.6 Å². The molecule has 0 aliphatic carbocycles. The number of hydrogen-bond acceptors (Lipinski definition) is 6. The summed E-state index contributed by atoms with van der Waals surface area (Å²) in [6, 6.07) is 12.6. The number of rotatable bonds is 12. The van der Waals surface area contributed by atoms with E-state index in [1.54, 1.807) is 18.2 Å². The minimum absolute atomic E-state index is 0.0211. The summed E-state index contributed by atoms with van der Waals surface area (Å²) in [5, 5.41) is 12.2. The van der Waals surface area contributed by atoms with E-state index in [1.807, 2.05) is 38.4 Å². The number of para-hydroxylation sites is 1. The maximum atomic E-state index is 12.3. The summed E-state index contributed by atoms with van der Waals surface area (Å²) in [6.07, 6.45) is 1.98. The van der Waals surface area contributed by atoms with Crippen LogP contribution in [-0.2, 0) is 16.6 Å². The lowest BCUT2D eigenvalue weighted by atomic mass is 10.1. The van der Waals surface area contributed by atoms with Crippen LogP contribution in [0.15, 0.2) is 47.4 Å². The van der Waals surface area contributed by atoms with Gasteiger partial charge in [-0.3, -0.25) is 0 Å². The van der Waals surface area contributed by atoms with Gasteiger partial charge in [0, 0.05) is 26.2 Å². The Labute approximate surface area is 174 Å². The Bertz CT molecular complexity index is 871. The Morgan fingerprint density at radius 1 is 1.10 bits per heavy atom. The van der Waals surface area contributed by atoms with E-state index in [2.05, 4.69) is 22.5 Å². The summed E-state index contributed by atoms with van der Waals surface area (Å²) in [7, 11) is 0.0382. The molecule has 0 fully saturated rings. The van der Waals surface area contributed by atoms with Crippen molar-refractivity contribution in [3.63, 3.8) is 0 Å². The first-order valence-electron chi connectivity index (χ1n) is 9.83. The molecule has 0 aromatic heterocycles. The number of nitrogens with two attached hydrogens (primary N) is 1. The number of sulfonamides is 1. The van der Waals surface area contributed by atoms with E-state index in [0.29, 0.717) is 24.5 Å². The van der Waals surface area contributed by atoms with Crippen molar-refractivity contribution in [2.45, 2.75) is 31.2 Å². The molecule has 0 aliphatic rings. The average Bonchev–Trinajstić information content (AvgIpc) is 2.66. The molecule has 0 spiro atoms. The molecule has 2 aromatic rings. The molecule has 0 unspecified atom stereocenters. The molecule has 0 heterocycles. The molecule has 0 amide bonds. The standard InChI is InChI=1S/C21H32N4O3S/c1-4-5-11-24-19-14-17(16-23-12-13-25(2)3)15-20(29(22,26)27)21(19)28-18-9-7-6-8-10-18/h6-10,14-15,23-24H,4-5,11-13,16H2,1-3H3,(H2,22,26,27). The second kappa shape index (κ2) is 11.2. The third-order valence-electron chi connectivity index (χ3n) is 4.29. The van der Waals surface area contributed by atoms with Gasteiger partial charge >= 0.3 is 0 Å². The molecule has 2 rings (SSSR count). The van der Waals surface area contributed by atoms with E-state index < -0.39 is 10.0 Å². The van der Waals surface area contributed by atoms with Crippen LogP contribution in [0.2, 0.25) is 0 Å². The molecular formula is C21H32N4O3S. The number of hydrogen-bond donors (Lipinski definition) is 3. The van der Waals surface area contributed by atoms with Crippen molar-refractivity contribution in [3.05, 3.63) is 48.0 Å². The highest BCUT2D eigenvalue weighted by Crippen LogP contribution is 2.37. The number of nitrogens with one attached hydrogen (secondary N) is 2. The zero-order chi connectivity index (χ0) is 21.3. The van der Waals surface area contributed by atoms with Crippen molar-refractivity contribution in [1.82, 2.24) is 10.2 Å².